The van der Waals surface area contributed by atoms with E-state index >= 15 is 0 Å². The van der Waals surface area contributed by atoms with E-state index in [1.165, 1.54) is 0 Å². The third-order valence-electron chi connectivity index (χ3n) is 1.71. The number of carbonyl (C=O) groups excluding carboxylic acids is 2. The van der Waals surface area contributed by atoms with Crippen LogP contribution in [-0.2, 0) is 9.59 Å². The minimum absolute atomic E-state index is 0.106. The predicted molar refractivity (Wildman–Crippen MR) is 52.6 cm³/mol. The molecule has 5 nitrogen and oxygen atoms in total. The van der Waals surface area contributed by atoms with Crippen LogP contribution < -0.4 is 10.6 Å². The summed E-state index contributed by atoms with van der Waals surface area (Å²) in [5.41, 5.74) is 0. The van der Waals surface area contributed by atoms with Gasteiger partial charge in [0.15, 0.2) is 0 Å². The van der Waals surface area contributed by atoms with Crippen LogP contribution in [0.1, 0.15) is 26.7 Å². The standard InChI is InChI=1S/C9H18N2O3/c1-3-8(13)10-5-7(12)6-11-9(14)4-2/h7,12H,3-6H2,1-2H3,(H,10,13)(H,11,14). The molecule has 82 valence electrons. The van der Waals surface area contributed by atoms with Crippen molar-refractivity contribution in [3.63, 3.8) is 0 Å². The summed E-state index contributed by atoms with van der Waals surface area (Å²) in [6, 6.07) is 0. The first-order valence-electron chi connectivity index (χ1n) is 4.81. The number of hydrogen-bond acceptors (Lipinski definition) is 3. The lowest BCUT2D eigenvalue weighted by molar-refractivity contribution is -0.121. The van der Waals surface area contributed by atoms with Gasteiger partial charge in [0.25, 0.3) is 0 Å². The second kappa shape index (κ2) is 7.32. The first-order chi connectivity index (χ1) is 6.60. The molecule has 0 saturated carbocycles. The summed E-state index contributed by atoms with van der Waals surface area (Å²) < 4.78 is 0. The number of aliphatic hydroxyl groups is 1. The van der Waals surface area contributed by atoms with Gasteiger partial charge in [0.2, 0.25) is 11.8 Å². The Morgan fingerprint density at radius 2 is 1.43 bits per heavy atom. The van der Waals surface area contributed by atoms with E-state index in [0.717, 1.165) is 0 Å². The molecule has 14 heavy (non-hydrogen) atoms. The number of hydrogen-bond donors (Lipinski definition) is 3. The smallest absolute Gasteiger partial charge is 0.219 e. The molecule has 0 aromatic carbocycles. The number of nitrogens with one attached hydrogen (secondary N) is 2. The Balaban J connectivity index is 3.50. The molecule has 0 spiro atoms. The zero-order valence-electron chi connectivity index (χ0n) is 8.67. The average Bonchev–Trinajstić information content (AvgIpc) is 2.22. The van der Waals surface area contributed by atoms with Gasteiger partial charge >= 0.3 is 0 Å². The number of rotatable bonds is 6. The summed E-state index contributed by atoms with van der Waals surface area (Å²) in [7, 11) is 0. The lowest BCUT2D eigenvalue weighted by Gasteiger charge is -2.11. The van der Waals surface area contributed by atoms with Gasteiger partial charge in [-0.1, -0.05) is 13.8 Å². The van der Waals surface area contributed by atoms with Crippen LogP contribution in [0, 0.1) is 0 Å². The predicted octanol–water partition coefficient (Wildman–Crippen LogP) is -0.600. The summed E-state index contributed by atoms with van der Waals surface area (Å²) in [6.45, 7) is 3.83. The molecule has 0 unspecified atom stereocenters. The van der Waals surface area contributed by atoms with Gasteiger partial charge in [-0.2, -0.15) is 0 Å². The lowest BCUT2D eigenvalue weighted by Crippen LogP contribution is -2.39. The fourth-order valence-electron chi connectivity index (χ4n) is 0.785. The Kier molecular flexibility index (Phi) is 6.74. The SMILES string of the molecule is CCC(=O)NCC(O)CNC(=O)CC. The van der Waals surface area contributed by atoms with E-state index in [9.17, 15) is 14.7 Å². The fraction of sp³-hybridized carbons (Fsp3) is 0.778. The molecule has 0 aliphatic heterocycles. The fourth-order valence-corrected chi connectivity index (χ4v) is 0.785. The molecular formula is C9H18N2O3. The van der Waals surface area contributed by atoms with Crippen LogP contribution in [0.15, 0.2) is 0 Å². The quantitative estimate of drug-likeness (QED) is 0.538. The number of amides is 2. The van der Waals surface area contributed by atoms with Crippen LogP contribution in [-0.4, -0.2) is 36.1 Å². The molecule has 0 radical (unpaired) electrons. The van der Waals surface area contributed by atoms with Gasteiger partial charge in [-0.25, -0.2) is 0 Å². The maximum atomic E-state index is 10.8. The lowest BCUT2D eigenvalue weighted by atomic mass is 10.3. The minimum atomic E-state index is -0.721. The third-order valence-corrected chi connectivity index (χ3v) is 1.71. The highest BCUT2D eigenvalue weighted by Crippen LogP contribution is 1.82. The van der Waals surface area contributed by atoms with Crippen molar-refractivity contribution >= 4 is 11.8 Å². The summed E-state index contributed by atoms with van der Waals surface area (Å²) in [6.07, 6.45) is 0.0724. The summed E-state index contributed by atoms with van der Waals surface area (Å²) in [4.78, 5) is 21.6. The van der Waals surface area contributed by atoms with Crippen LogP contribution in [0.2, 0.25) is 0 Å². The molecule has 0 heterocycles. The third kappa shape index (κ3) is 6.42. The molecule has 0 atom stereocenters. The van der Waals surface area contributed by atoms with E-state index in [-0.39, 0.29) is 24.9 Å². The molecule has 0 saturated heterocycles. The van der Waals surface area contributed by atoms with Crippen LogP contribution in [0.3, 0.4) is 0 Å². The zero-order valence-corrected chi connectivity index (χ0v) is 8.67. The molecule has 0 aliphatic rings. The first kappa shape index (κ1) is 12.9. The van der Waals surface area contributed by atoms with Crippen molar-refractivity contribution in [1.82, 2.24) is 10.6 Å². The van der Waals surface area contributed by atoms with Crippen molar-refractivity contribution in [2.45, 2.75) is 32.8 Å². The highest BCUT2D eigenvalue weighted by atomic mass is 16.3. The van der Waals surface area contributed by atoms with E-state index in [1.807, 2.05) is 0 Å². The van der Waals surface area contributed by atoms with Crippen LogP contribution in [0.25, 0.3) is 0 Å². The number of aliphatic hydroxyl groups excluding tert-OH is 1. The topological polar surface area (TPSA) is 78.4 Å². The van der Waals surface area contributed by atoms with Gasteiger partial charge < -0.3 is 15.7 Å². The van der Waals surface area contributed by atoms with Gasteiger partial charge in [-0.3, -0.25) is 9.59 Å². The van der Waals surface area contributed by atoms with Gasteiger partial charge in [-0.05, 0) is 0 Å². The molecule has 0 rings (SSSR count). The maximum absolute atomic E-state index is 10.8. The summed E-state index contributed by atoms with van der Waals surface area (Å²) >= 11 is 0. The van der Waals surface area contributed by atoms with Crippen molar-refractivity contribution in [1.29, 1.82) is 0 Å². The van der Waals surface area contributed by atoms with E-state index < -0.39 is 6.10 Å². The molecule has 0 fully saturated rings. The van der Waals surface area contributed by atoms with Gasteiger partial charge in [0.1, 0.15) is 0 Å². The Labute approximate surface area is 83.9 Å². The molecule has 3 N–H and O–H groups in total. The van der Waals surface area contributed by atoms with Crippen molar-refractivity contribution in [3.05, 3.63) is 0 Å². The number of carbonyl (C=O) groups is 2. The second-order valence-electron chi connectivity index (χ2n) is 2.97. The van der Waals surface area contributed by atoms with Crippen LogP contribution >= 0.6 is 0 Å². The van der Waals surface area contributed by atoms with E-state index in [4.69, 9.17) is 0 Å². The van der Waals surface area contributed by atoms with Gasteiger partial charge in [0.05, 0.1) is 6.10 Å². The Morgan fingerprint density at radius 1 is 1.07 bits per heavy atom. The van der Waals surface area contributed by atoms with Crippen molar-refractivity contribution in [2.24, 2.45) is 0 Å². The Morgan fingerprint density at radius 3 is 1.71 bits per heavy atom. The van der Waals surface area contributed by atoms with Crippen LogP contribution in [0.4, 0.5) is 0 Å². The molecular weight excluding hydrogens is 184 g/mol. The Bertz CT molecular complexity index is 174. The molecule has 0 aliphatic carbocycles. The maximum Gasteiger partial charge on any atom is 0.219 e. The van der Waals surface area contributed by atoms with Gasteiger partial charge in [-0.15, -0.1) is 0 Å². The molecule has 2 amide bonds. The largest absolute Gasteiger partial charge is 0.389 e. The Hall–Kier alpha value is -1.10. The average molecular weight is 202 g/mol. The van der Waals surface area contributed by atoms with Crippen molar-refractivity contribution < 1.29 is 14.7 Å². The normalized spacial score (nSPS) is 10.0. The molecule has 0 bridgehead atoms. The van der Waals surface area contributed by atoms with Crippen molar-refractivity contribution in [3.8, 4) is 0 Å². The minimum Gasteiger partial charge on any atom is -0.389 e. The molecule has 0 aromatic heterocycles. The van der Waals surface area contributed by atoms with Gasteiger partial charge in [0, 0.05) is 25.9 Å². The zero-order chi connectivity index (χ0) is 11.0. The summed E-state index contributed by atoms with van der Waals surface area (Å²) in [5, 5.41) is 14.4. The monoisotopic (exact) mass is 202 g/mol. The van der Waals surface area contributed by atoms with Crippen LogP contribution in [0.5, 0.6) is 0 Å². The van der Waals surface area contributed by atoms with E-state index in [2.05, 4.69) is 10.6 Å². The van der Waals surface area contributed by atoms with E-state index in [1.54, 1.807) is 13.8 Å². The summed E-state index contributed by atoms with van der Waals surface area (Å²) in [5.74, 6) is -0.211. The second-order valence-corrected chi connectivity index (χ2v) is 2.97. The highest BCUT2D eigenvalue weighted by molar-refractivity contribution is 5.76. The molecule has 5 heteroatoms. The van der Waals surface area contributed by atoms with E-state index in [0.29, 0.717) is 12.8 Å². The molecule has 0 aromatic rings. The first-order valence-corrected chi connectivity index (χ1v) is 4.81. The van der Waals surface area contributed by atoms with Crippen molar-refractivity contribution in [2.75, 3.05) is 13.1 Å². The highest BCUT2D eigenvalue weighted by Gasteiger charge is 2.06.